The fourth-order valence-electron chi connectivity index (χ4n) is 1.38. The second kappa shape index (κ2) is 7.88. The molecule has 1 heterocycles. The Bertz CT molecular complexity index is 445. The van der Waals surface area contributed by atoms with Crippen molar-refractivity contribution in [2.75, 3.05) is 31.7 Å². The molecule has 0 spiro atoms. The van der Waals surface area contributed by atoms with Gasteiger partial charge >= 0.3 is 5.97 Å². The van der Waals surface area contributed by atoms with Crippen molar-refractivity contribution in [3.8, 4) is 0 Å². The van der Waals surface area contributed by atoms with Crippen LogP contribution in [0.5, 0.6) is 0 Å². The molecule has 0 unspecified atom stereocenters. The maximum Gasteiger partial charge on any atom is 0.341 e. The highest BCUT2D eigenvalue weighted by atomic mass is 32.1. The maximum absolute atomic E-state index is 11.7. The lowest BCUT2D eigenvalue weighted by Crippen LogP contribution is -2.21. The predicted octanol–water partition coefficient (Wildman–Crippen LogP) is 1.15. The molecule has 19 heavy (non-hydrogen) atoms. The third-order valence-electron chi connectivity index (χ3n) is 2.10. The van der Waals surface area contributed by atoms with Crippen LogP contribution in [0, 0.1) is 6.92 Å². The average molecular weight is 286 g/mol. The monoisotopic (exact) mass is 286 g/mol. The second-order valence-corrected chi connectivity index (χ2v) is 4.97. The van der Waals surface area contributed by atoms with Crippen LogP contribution in [-0.2, 0) is 14.3 Å². The van der Waals surface area contributed by atoms with Crippen molar-refractivity contribution in [2.24, 2.45) is 5.73 Å². The Morgan fingerprint density at radius 2 is 2.21 bits per heavy atom. The number of esters is 1. The van der Waals surface area contributed by atoms with Gasteiger partial charge in [-0.15, -0.1) is 11.3 Å². The van der Waals surface area contributed by atoms with Crippen LogP contribution in [0.2, 0.25) is 0 Å². The molecule has 0 saturated heterocycles. The van der Waals surface area contributed by atoms with Crippen LogP contribution in [0.3, 0.4) is 0 Å². The van der Waals surface area contributed by atoms with E-state index >= 15 is 0 Å². The smallest absolute Gasteiger partial charge is 0.341 e. The molecule has 106 valence electrons. The lowest BCUT2D eigenvalue weighted by Gasteiger charge is -2.06. The molecule has 6 nitrogen and oxygen atoms in total. The van der Waals surface area contributed by atoms with Gasteiger partial charge in [0, 0.05) is 11.4 Å². The number of carbonyl (C=O) groups excluding carboxylic acids is 2. The van der Waals surface area contributed by atoms with E-state index in [1.807, 2.05) is 6.92 Å². The Labute approximate surface area is 115 Å². The van der Waals surface area contributed by atoms with Crippen molar-refractivity contribution in [2.45, 2.75) is 13.8 Å². The number of thiophene rings is 1. The summed E-state index contributed by atoms with van der Waals surface area (Å²) in [4.78, 5) is 24.2. The van der Waals surface area contributed by atoms with Gasteiger partial charge in [0.25, 0.3) is 5.91 Å². The van der Waals surface area contributed by atoms with E-state index < -0.39 is 5.97 Å². The molecule has 0 saturated carbocycles. The van der Waals surface area contributed by atoms with Gasteiger partial charge in [-0.3, -0.25) is 4.79 Å². The third kappa shape index (κ3) is 4.98. The third-order valence-corrected chi connectivity index (χ3v) is 3.06. The van der Waals surface area contributed by atoms with Crippen molar-refractivity contribution < 1.29 is 19.1 Å². The molecule has 1 rings (SSSR count). The van der Waals surface area contributed by atoms with Gasteiger partial charge in [0.05, 0.1) is 18.8 Å². The lowest BCUT2D eigenvalue weighted by atomic mass is 10.3. The van der Waals surface area contributed by atoms with Crippen LogP contribution in [0.25, 0.3) is 0 Å². The first-order chi connectivity index (χ1) is 9.08. The molecule has 0 fully saturated rings. The van der Waals surface area contributed by atoms with Gasteiger partial charge in [-0.05, 0) is 19.9 Å². The second-order valence-electron chi connectivity index (χ2n) is 3.71. The molecule has 0 aromatic carbocycles. The zero-order chi connectivity index (χ0) is 14.3. The SMILES string of the molecule is CCOC(=O)c1cc(C)sc1NC(=O)COCCN. The quantitative estimate of drug-likeness (QED) is 0.579. The summed E-state index contributed by atoms with van der Waals surface area (Å²) in [7, 11) is 0. The van der Waals surface area contributed by atoms with E-state index in [4.69, 9.17) is 15.2 Å². The molecule has 0 radical (unpaired) electrons. The number of anilines is 1. The van der Waals surface area contributed by atoms with Gasteiger partial charge in [-0.25, -0.2) is 4.79 Å². The van der Waals surface area contributed by atoms with Crippen molar-refractivity contribution >= 4 is 28.2 Å². The fraction of sp³-hybridized carbons (Fsp3) is 0.500. The number of nitrogens with two attached hydrogens (primary N) is 1. The first-order valence-corrected chi connectivity index (χ1v) is 6.75. The number of carbonyl (C=O) groups is 2. The summed E-state index contributed by atoms with van der Waals surface area (Å²) >= 11 is 1.32. The minimum atomic E-state index is -0.440. The van der Waals surface area contributed by atoms with Crippen molar-refractivity contribution in [1.82, 2.24) is 0 Å². The molecule has 0 aliphatic carbocycles. The van der Waals surface area contributed by atoms with Crippen molar-refractivity contribution in [3.63, 3.8) is 0 Å². The summed E-state index contributed by atoms with van der Waals surface area (Å²) in [6, 6.07) is 1.69. The standard InChI is InChI=1S/C12H18N2O4S/c1-3-18-12(16)9-6-8(2)19-11(9)14-10(15)7-17-5-4-13/h6H,3-5,7,13H2,1-2H3,(H,14,15). The summed E-state index contributed by atoms with van der Waals surface area (Å²) in [5, 5.41) is 3.13. The van der Waals surface area contributed by atoms with Gasteiger partial charge < -0.3 is 20.5 Å². The first kappa shape index (κ1) is 15.6. The van der Waals surface area contributed by atoms with E-state index in [1.165, 1.54) is 11.3 Å². The van der Waals surface area contributed by atoms with E-state index in [9.17, 15) is 9.59 Å². The van der Waals surface area contributed by atoms with E-state index in [0.717, 1.165) is 4.88 Å². The van der Waals surface area contributed by atoms with Gasteiger partial charge in [0.15, 0.2) is 0 Å². The molecular formula is C12H18N2O4S. The summed E-state index contributed by atoms with van der Waals surface area (Å²) in [5.74, 6) is -0.758. The number of nitrogens with one attached hydrogen (secondary N) is 1. The highest BCUT2D eigenvalue weighted by Crippen LogP contribution is 2.28. The molecule has 0 aliphatic rings. The Morgan fingerprint density at radius 3 is 2.84 bits per heavy atom. The predicted molar refractivity (Wildman–Crippen MR) is 73.5 cm³/mol. The minimum absolute atomic E-state index is 0.0869. The van der Waals surface area contributed by atoms with Crippen LogP contribution in [-0.4, -0.2) is 38.2 Å². The molecule has 7 heteroatoms. The van der Waals surface area contributed by atoms with E-state index in [2.05, 4.69) is 5.32 Å². The van der Waals surface area contributed by atoms with Gasteiger partial charge in [-0.1, -0.05) is 0 Å². The van der Waals surface area contributed by atoms with Crippen LogP contribution < -0.4 is 11.1 Å². The highest BCUT2D eigenvalue weighted by Gasteiger charge is 2.17. The zero-order valence-corrected chi connectivity index (χ0v) is 11.8. The Morgan fingerprint density at radius 1 is 1.47 bits per heavy atom. The number of hydrogen-bond donors (Lipinski definition) is 2. The Balaban J connectivity index is 2.67. The topological polar surface area (TPSA) is 90.6 Å². The summed E-state index contributed by atoms with van der Waals surface area (Å²) in [6.07, 6.45) is 0. The molecule has 1 aromatic rings. The molecule has 1 aromatic heterocycles. The van der Waals surface area contributed by atoms with E-state index in [0.29, 0.717) is 30.3 Å². The largest absolute Gasteiger partial charge is 0.462 e. The molecular weight excluding hydrogens is 268 g/mol. The average Bonchev–Trinajstić information content (AvgIpc) is 2.71. The van der Waals surface area contributed by atoms with Crippen LogP contribution in [0.4, 0.5) is 5.00 Å². The van der Waals surface area contributed by atoms with Crippen LogP contribution in [0.15, 0.2) is 6.07 Å². The normalized spacial score (nSPS) is 10.3. The van der Waals surface area contributed by atoms with Crippen LogP contribution in [0.1, 0.15) is 22.2 Å². The number of amides is 1. The van der Waals surface area contributed by atoms with Gasteiger partial charge in [0.2, 0.25) is 0 Å². The van der Waals surface area contributed by atoms with Gasteiger partial charge in [-0.2, -0.15) is 0 Å². The molecule has 0 aliphatic heterocycles. The molecule has 0 atom stereocenters. The minimum Gasteiger partial charge on any atom is -0.462 e. The number of aryl methyl sites for hydroxylation is 1. The first-order valence-electron chi connectivity index (χ1n) is 5.93. The summed E-state index contributed by atoms with van der Waals surface area (Å²) < 4.78 is 9.95. The van der Waals surface area contributed by atoms with E-state index in [-0.39, 0.29) is 12.5 Å². The fourth-order valence-corrected chi connectivity index (χ4v) is 2.29. The maximum atomic E-state index is 11.7. The van der Waals surface area contributed by atoms with Crippen LogP contribution >= 0.6 is 11.3 Å². The number of ether oxygens (including phenoxy) is 2. The summed E-state index contributed by atoms with van der Waals surface area (Å²) in [6.45, 7) is 4.47. The van der Waals surface area contributed by atoms with Crippen molar-refractivity contribution in [1.29, 1.82) is 0 Å². The Kier molecular flexibility index (Phi) is 6.48. The molecule has 3 N–H and O–H groups in total. The molecule has 1 amide bonds. The van der Waals surface area contributed by atoms with Crippen molar-refractivity contribution in [3.05, 3.63) is 16.5 Å². The molecule has 0 bridgehead atoms. The Hall–Kier alpha value is -1.44. The highest BCUT2D eigenvalue weighted by molar-refractivity contribution is 7.16. The lowest BCUT2D eigenvalue weighted by molar-refractivity contribution is -0.120. The summed E-state index contributed by atoms with van der Waals surface area (Å²) in [5.41, 5.74) is 5.62. The number of rotatable bonds is 7. The van der Waals surface area contributed by atoms with Gasteiger partial charge in [0.1, 0.15) is 11.6 Å². The zero-order valence-electron chi connectivity index (χ0n) is 11.0. The number of hydrogen-bond acceptors (Lipinski definition) is 6. The van der Waals surface area contributed by atoms with E-state index in [1.54, 1.807) is 13.0 Å².